The van der Waals surface area contributed by atoms with Gasteiger partial charge in [-0.3, -0.25) is 0 Å². The highest BCUT2D eigenvalue weighted by atomic mass is 79.9. The summed E-state index contributed by atoms with van der Waals surface area (Å²) in [6.45, 7) is 9.93. The topological polar surface area (TPSA) is 12.0 Å². The lowest BCUT2D eigenvalue weighted by Gasteiger charge is -2.35. The minimum atomic E-state index is 0.0496. The lowest BCUT2D eigenvalue weighted by atomic mass is 9.77. The lowest BCUT2D eigenvalue weighted by Crippen LogP contribution is -2.36. The number of halogens is 1. The standard InChI is InChI=1S/C17H22BrNS/c1-5-19-15(14-11-12(2)16(18)20-14)17(3,4)13-9-7-6-8-10-13/h6-11,15,19H,5H2,1-4H3. The summed E-state index contributed by atoms with van der Waals surface area (Å²) >= 11 is 5.49. The van der Waals surface area contributed by atoms with Gasteiger partial charge in [-0.2, -0.15) is 0 Å². The summed E-state index contributed by atoms with van der Waals surface area (Å²) in [6.07, 6.45) is 0. The van der Waals surface area contributed by atoms with Crippen LogP contribution in [-0.4, -0.2) is 6.54 Å². The summed E-state index contributed by atoms with van der Waals surface area (Å²) in [5, 5.41) is 3.67. The molecule has 0 amide bonds. The van der Waals surface area contributed by atoms with E-state index >= 15 is 0 Å². The number of aryl methyl sites for hydroxylation is 1. The molecular formula is C17H22BrNS. The summed E-state index contributed by atoms with van der Waals surface area (Å²) < 4.78 is 1.24. The molecule has 0 spiro atoms. The van der Waals surface area contributed by atoms with Crippen LogP contribution in [0.3, 0.4) is 0 Å². The Morgan fingerprint density at radius 3 is 2.40 bits per heavy atom. The second kappa shape index (κ2) is 6.42. The molecule has 1 N–H and O–H groups in total. The molecule has 1 aromatic carbocycles. The number of rotatable bonds is 5. The molecule has 0 radical (unpaired) electrons. The van der Waals surface area contributed by atoms with E-state index in [1.54, 1.807) is 0 Å². The van der Waals surface area contributed by atoms with E-state index in [0.29, 0.717) is 6.04 Å². The van der Waals surface area contributed by atoms with Gasteiger partial charge in [0.25, 0.3) is 0 Å². The Labute approximate surface area is 134 Å². The molecule has 0 aliphatic rings. The van der Waals surface area contributed by atoms with Crippen LogP contribution in [0.2, 0.25) is 0 Å². The molecule has 0 aliphatic heterocycles. The first-order chi connectivity index (χ1) is 9.46. The van der Waals surface area contributed by atoms with Crippen LogP contribution >= 0.6 is 27.3 Å². The second-order valence-corrected chi connectivity index (χ2v) is 8.09. The van der Waals surface area contributed by atoms with E-state index in [9.17, 15) is 0 Å². The van der Waals surface area contributed by atoms with Crippen LogP contribution in [0, 0.1) is 6.92 Å². The molecular weight excluding hydrogens is 330 g/mol. The third-order valence-electron chi connectivity index (χ3n) is 3.81. The van der Waals surface area contributed by atoms with Gasteiger partial charge in [-0.25, -0.2) is 0 Å². The van der Waals surface area contributed by atoms with Crippen LogP contribution < -0.4 is 5.32 Å². The van der Waals surface area contributed by atoms with Crippen molar-refractivity contribution in [1.82, 2.24) is 5.32 Å². The predicted octanol–water partition coefficient (Wildman–Crippen LogP) is 5.45. The van der Waals surface area contributed by atoms with Crippen molar-refractivity contribution in [1.29, 1.82) is 0 Å². The molecule has 2 rings (SSSR count). The Hall–Kier alpha value is -0.640. The van der Waals surface area contributed by atoms with Gasteiger partial charge in [-0.15, -0.1) is 11.3 Å². The fraction of sp³-hybridized carbons (Fsp3) is 0.412. The normalized spacial score (nSPS) is 13.4. The predicted molar refractivity (Wildman–Crippen MR) is 92.6 cm³/mol. The van der Waals surface area contributed by atoms with E-state index in [1.165, 1.54) is 19.8 Å². The van der Waals surface area contributed by atoms with Crippen LogP contribution in [0.25, 0.3) is 0 Å². The zero-order valence-electron chi connectivity index (χ0n) is 12.5. The molecule has 0 bridgehead atoms. The Morgan fingerprint density at radius 1 is 1.25 bits per heavy atom. The Kier molecular flexibility index (Phi) is 5.05. The van der Waals surface area contributed by atoms with E-state index in [2.05, 4.69) is 85.3 Å². The highest BCUT2D eigenvalue weighted by Crippen LogP contribution is 2.41. The number of thiophene rings is 1. The first kappa shape index (κ1) is 15.7. The molecule has 1 heterocycles. The van der Waals surface area contributed by atoms with Crippen LogP contribution in [0.15, 0.2) is 40.2 Å². The first-order valence-corrected chi connectivity index (χ1v) is 8.62. The SMILES string of the molecule is CCNC(c1cc(C)c(Br)s1)C(C)(C)c1ccccc1. The Balaban J connectivity index is 2.42. The number of hydrogen-bond acceptors (Lipinski definition) is 2. The molecule has 0 saturated heterocycles. The fourth-order valence-electron chi connectivity index (χ4n) is 2.58. The molecule has 0 aliphatic carbocycles. The number of benzene rings is 1. The number of nitrogens with one attached hydrogen (secondary N) is 1. The van der Waals surface area contributed by atoms with Crippen molar-refractivity contribution in [2.24, 2.45) is 0 Å². The number of likely N-dealkylation sites (N-methyl/N-ethyl adjacent to an activating group) is 1. The number of hydrogen-bond donors (Lipinski definition) is 1. The van der Waals surface area contributed by atoms with Crippen molar-refractivity contribution in [2.75, 3.05) is 6.54 Å². The molecule has 3 heteroatoms. The molecule has 2 aromatic rings. The van der Waals surface area contributed by atoms with Gasteiger partial charge in [0.2, 0.25) is 0 Å². The zero-order valence-corrected chi connectivity index (χ0v) is 14.9. The molecule has 1 unspecified atom stereocenters. The van der Waals surface area contributed by atoms with Gasteiger partial charge in [0, 0.05) is 10.3 Å². The minimum Gasteiger partial charge on any atom is -0.309 e. The second-order valence-electron chi connectivity index (χ2n) is 5.68. The van der Waals surface area contributed by atoms with Gasteiger partial charge >= 0.3 is 0 Å². The van der Waals surface area contributed by atoms with E-state index in [0.717, 1.165) is 6.54 Å². The van der Waals surface area contributed by atoms with Crippen molar-refractivity contribution in [3.8, 4) is 0 Å². The van der Waals surface area contributed by atoms with E-state index in [4.69, 9.17) is 0 Å². The molecule has 1 nitrogen and oxygen atoms in total. The minimum absolute atomic E-state index is 0.0496. The smallest absolute Gasteiger partial charge is 0.0731 e. The van der Waals surface area contributed by atoms with Gasteiger partial charge in [0.15, 0.2) is 0 Å². The van der Waals surface area contributed by atoms with Gasteiger partial charge in [-0.1, -0.05) is 51.1 Å². The molecule has 1 aromatic heterocycles. The highest BCUT2D eigenvalue weighted by molar-refractivity contribution is 9.11. The maximum Gasteiger partial charge on any atom is 0.0731 e. The molecule has 0 saturated carbocycles. The first-order valence-electron chi connectivity index (χ1n) is 7.01. The largest absolute Gasteiger partial charge is 0.309 e. The summed E-state index contributed by atoms with van der Waals surface area (Å²) in [5.74, 6) is 0. The van der Waals surface area contributed by atoms with Crippen molar-refractivity contribution in [3.63, 3.8) is 0 Å². The van der Waals surface area contributed by atoms with E-state index < -0.39 is 0 Å². The summed E-state index contributed by atoms with van der Waals surface area (Å²) in [4.78, 5) is 1.39. The molecule has 1 atom stereocenters. The van der Waals surface area contributed by atoms with Crippen LogP contribution in [0.5, 0.6) is 0 Å². The summed E-state index contributed by atoms with van der Waals surface area (Å²) in [5.41, 5.74) is 2.73. The van der Waals surface area contributed by atoms with Crippen LogP contribution in [0.4, 0.5) is 0 Å². The monoisotopic (exact) mass is 351 g/mol. The quantitative estimate of drug-likeness (QED) is 0.755. The lowest BCUT2D eigenvalue weighted by molar-refractivity contribution is 0.359. The van der Waals surface area contributed by atoms with Crippen molar-refractivity contribution < 1.29 is 0 Å². The van der Waals surface area contributed by atoms with Crippen molar-refractivity contribution in [2.45, 2.75) is 39.2 Å². The van der Waals surface area contributed by atoms with Crippen LogP contribution in [-0.2, 0) is 5.41 Å². The fourth-order valence-corrected chi connectivity index (χ4v) is 4.41. The molecule has 0 fully saturated rings. The van der Waals surface area contributed by atoms with Gasteiger partial charge in [-0.05, 0) is 46.6 Å². The maximum absolute atomic E-state index is 3.67. The third-order valence-corrected chi connectivity index (χ3v) is 6.01. The van der Waals surface area contributed by atoms with Gasteiger partial charge in [0.1, 0.15) is 0 Å². The Morgan fingerprint density at radius 2 is 1.90 bits per heavy atom. The Bertz CT molecular complexity index is 540. The summed E-state index contributed by atoms with van der Waals surface area (Å²) in [7, 11) is 0. The van der Waals surface area contributed by atoms with Gasteiger partial charge in [0.05, 0.1) is 9.83 Å². The average Bonchev–Trinajstić information content (AvgIpc) is 2.76. The highest BCUT2D eigenvalue weighted by Gasteiger charge is 2.33. The zero-order chi connectivity index (χ0) is 14.8. The third kappa shape index (κ3) is 3.16. The van der Waals surface area contributed by atoms with E-state index in [1.807, 2.05) is 11.3 Å². The average molecular weight is 352 g/mol. The van der Waals surface area contributed by atoms with Crippen molar-refractivity contribution in [3.05, 3.63) is 56.2 Å². The molecule has 20 heavy (non-hydrogen) atoms. The molecule has 108 valence electrons. The van der Waals surface area contributed by atoms with E-state index in [-0.39, 0.29) is 5.41 Å². The maximum atomic E-state index is 3.67. The summed E-state index contributed by atoms with van der Waals surface area (Å²) in [6, 6.07) is 13.4. The van der Waals surface area contributed by atoms with Gasteiger partial charge < -0.3 is 5.32 Å². The van der Waals surface area contributed by atoms with Crippen molar-refractivity contribution >= 4 is 27.3 Å². The van der Waals surface area contributed by atoms with Crippen LogP contribution in [0.1, 0.15) is 42.8 Å².